The normalized spacial score (nSPS) is 12.5. The van der Waals surface area contributed by atoms with Gasteiger partial charge in [-0.1, -0.05) is 37.6 Å². The fourth-order valence-corrected chi connectivity index (χ4v) is 4.55. The van der Waals surface area contributed by atoms with Crippen LogP contribution in [0, 0.1) is 11.3 Å². The molecule has 2 aromatic rings. The van der Waals surface area contributed by atoms with E-state index in [2.05, 4.69) is 5.32 Å². The van der Waals surface area contributed by atoms with Crippen molar-refractivity contribution in [1.82, 2.24) is 0 Å². The fraction of sp³-hybridized carbons (Fsp3) is 0.211. The molecule has 0 saturated heterocycles. The lowest BCUT2D eigenvalue weighted by Crippen LogP contribution is -2.10. The summed E-state index contributed by atoms with van der Waals surface area (Å²) in [6.45, 7) is 4.07. The average Bonchev–Trinajstić information content (AvgIpc) is 2.63. The van der Waals surface area contributed by atoms with Crippen molar-refractivity contribution < 1.29 is 8.42 Å². The first-order chi connectivity index (χ1) is 12.3. The Hall–Kier alpha value is -1.94. The van der Waals surface area contributed by atoms with Gasteiger partial charge in [-0.3, -0.25) is 0 Å². The Bertz CT molecular complexity index is 943. The lowest BCUT2D eigenvalue weighted by molar-refractivity contribution is 0.603. The van der Waals surface area contributed by atoms with E-state index in [0.717, 1.165) is 5.56 Å². The summed E-state index contributed by atoms with van der Waals surface area (Å²) in [4.78, 5) is -0.208. The van der Waals surface area contributed by atoms with E-state index in [-0.39, 0.29) is 14.8 Å². The van der Waals surface area contributed by atoms with Crippen LogP contribution in [0.4, 0.5) is 5.69 Å². The summed E-state index contributed by atoms with van der Waals surface area (Å²) in [6.07, 6.45) is 1.72. The highest BCUT2D eigenvalue weighted by atomic mass is 35.5. The Morgan fingerprint density at radius 1 is 1.12 bits per heavy atom. The van der Waals surface area contributed by atoms with E-state index in [9.17, 15) is 13.7 Å². The van der Waals surface area contributed by atoms with Crippen molar-refractivity contribution in [2.45, 2.75) is 24.7 Å². The molecule has 0 aliphatic carbocycles. The molecule has 2 rings (SSSR count). The van der Waals surface area contributed by atoms with Gasteiger partial charge in [0.15, 0.2) is 4.91 Å². The standard InChI is InChI=1S/C19H19ClN2O2S2/c1-13(2)14-4-10-17(11-5-14)26(23,24)18(12-21)19(25-3)22-16-8-6-15(20)7-9-16/h4-11,13,22H,1-3H3/b19-18-. The molecule has 0 aliphatic rings. The number of anilines is 1. The lowest BCUT2D eigenvalue weighted by Gasteiger charge is -2.12. The third-order valence-electron chi connectivity index (χ3n) is 3.74. The molecule has 0 aliphatic heterocycles. The zero-order valence-electron chi connectivity index (χ0n) is 14.7. The topological polar surface area (TPSA) is 70.0 Å². The summed E-state index contributed by atoms with van der Waals surface area (Å²) >= 11 is 7.03. The van der Waals surface area contributed by atoms with Crippen LogP contribution in [0.1, 0.15) is 25.3 Å². The summed E-state index contributed by atoms with van der Waals surface area (Å²) in [6, 6.07) is 15.3. The summed E-state index contributed by atoms with van der Waals surface area (Å²) in [7, 11) is -3.92. The van der Waals surface area contributed by atoms with E-state index in [1.54, 1.807) is 54.8 Å². The predicted molar refractivity (Wildman–Crippen MR) is 109 cm³/mol. The molecule has 0 unspecified atom stereocenters. The van der Waals surface area contributed by atoms with Crippen molar-refractivity contribution in [3.63, 3.8) is 0 Å². The Morgan fingerprint density at radius 2 is 1.69 bits per heavy atom. The van der Waals surface area contributed by atoms with Gasteiger partial charge in [0.05, 0.1) is 4.90 Å². The number of thioether (sulfide) groups is 1. The molecule has 0 radical (unpaired) electrons. The highest BCUT2D eigenvalue weighted by molar-refractivity contribution is 8.04. The maximum Gasteiger partial charge on any atom is 0.219 e. The first-order valence-corrected chi connectivity index (χ1v) is 10.9. The monoisotopic (exact) mass is 406 g/mol. The van der Waals surface area contributed by atoms with Gasteiger partial charge in [0, 0.05) is 10.7 Å². The molecule has 0 bridgehead atoms. The Kier molecular flexibility index (Phi) is 6.76. The minimum absolute atomic E-state index is 0.0999. The zero-order valence-corrected chi connectivity index (χ0v) is 17.0. The number of halogens is 1. The largest absolute Gasteiger partial charge is 0.349 e. The molecule has 0 spiro atoms. The highest BCUT2D eigenvalue weighted by Crippen LogP contribution is 2.29. The Labute approximate surface area is 163 Å². The van der Waals surface area contributed by atoms with Crippen LogP contribution >= 0.6 is 23.4 Å². The van der Waals surface area contributed by atoms with Gasteiger partial charge >= 0.3 is 0 Å². The number of nitrogens with zero attached hydrogens (tertiary/aromatic N) is 1. The van der Waals surface area contributed by atoms with Crippen molar-refractivity contribution in [1.29, 1.82) is 5.26 Å². The smallest absolute Gasteiger partial charge is 0.219 e. The number of allylic oxidation sites excluding steroid dienone is 1. The van der Waals surface area contributed by atoms with Crippen molar-refractivity contribution in [2.24, 2.45) is 0 Å². The van der Waals surface area contributed by atoms with Crippen molar-refractivity contribution in [3.8, 4) is 6.07 Å². The van der Waals surface area contributed by atoms with E-state index in [4.69, 9.17) is 11.6 Å². The van der Waals surface area contributed by atoms with Crippen molar-refractivity contribution >= 4 is 38.9 Å². The molecule has 0 saturated carbocycles. The number of rotatable bonds is 6. The number of nitrogens with one attached hydrogen (secondary N) is 1. The molecule has 0 fully saturated rings. The molecule has 2 aromatic carbocycles. The Balaban J connectivity index is 2.46. The number of benzene rings is 2. The predicted octanol–water partition coefficient (Wildman–Crippen LogP) is 5.40. The van der Waals surface area contributed by atoms with E-state index in [1.807, 2.05) is 19.9 Å². The Morgan fingerprint density at radius 3 is 2.15 bits per heavy atom. The van der Waals surface area contributed by atoms with Crippen molar-refractivity contribution in [3.05, 3.63) is 69.1 Å². The minimum Gasteiger partial charge on any atom is -0.349 e. The van der Waals surface area contributed by atoms with E-state index < -0.39 is 9.84 Å². The van der Waals surface area contributed by atoms with Crippen LogP contribution < -0.4 is 5.32 Å². The zero-order chi connectivity index (χ0) is 19.3. The van der Waals surface area contributed by atoms with Crippen molar-refractivity contribution in [2.75, 3.05) is 11.6 Å². The minimum atomic E-state index is -3.92. The molecule has 136 valence electrons. The second-order valence-electron chi connectivity index (χ2n) is 5.83. The second kappa shape index (κ2) is 8.63. The van der Waals surface area contributed by atoms with Gasteiger partial charge in [-0.15, -0.1) is 11.8 Å². The van der Waals surface area contributed by atoms with Crippen LogP contribution in [0.3, 0.4) is 0 Å². The molecule has 0 heterocycles. The van der Waals surface area contributed by atoms with Gasteiger partial charge < -0.3 is 5.32 Å². The molecular weight excluding hydrogens is 388 g/mol. The molecule has 26 heavy (non-hydrogen) atoms. The summed E-state index contributed by atoms with van der Waals surface area (Å²) in [5.41, 5.74) is 1.69. The molecular formula is C19H19ClN2O2S2. The molecule has 7 heteroatoms. The third kappa shape index (κ3) is 4.61. The van der Waals surface area contributed by atoms with Gasteiger partial charge in [0.25, 0.3) is 0 Å². The van der Waals surface area contributed by atoms with Crippen LogP contribution in [0.5, 0.6) is 0 Å². The second-order valence-corrected chi connectivity index (χ2v) is 8.97. The molecule has 1 N–H and O–H groups in total. The number of sulfone groups is 1. The van der Waals surface area contributed by atoms with Gasteiger partial charge in [0.2, 0.25) is 9.84 Å². The molecule has 0 amide bonds. The van der Waals surface area contributed by atoms with E-state index in [0.29, 0.717) is 16.6 Å². The van der Waals surface area contributed by atoms with Gasteiger partial charge in [-0.05, 0) is 54.1 Å². The number of hydrogen-bond acceptors (Lipinski definition) is 5. The number of hydrogen-bond donors (Lipinski definition) is 1. The molecule has 0 atom stereocenters. The van der Waals surface area contributed by atoms with Gasteiger partial charge in [-0.2, -0.15) is 5.26 Å². The maximum atomic E-state index is 12.9. The summed E-state index contributed by atoms with van der Waals surface area (Å²) < 4.78 is 25.9. The van der Waals surface area contributed by atoms with Crippen LogP contribution in [-0.4, -0.2) is 14.7 Å². The fourth-order valence-electron chi connectivity index (χ4n) is 2.25. The van der Waals surface area contributed by atoms with E-state index >= 15 is 0 Å². The first-order valence-electron chi connectivity index (χ1n) is 7.85. The SMILES string of the molecule is CS/C(Nc1ccc(Cl)cc1)=C(/C#N)S(=O)(=O)c1ccc(C(C)C)cc1. The summed E-state index contributed by atoms with van der Waals surface area (Å²) in [5, 5.41) is 13.4. The maximum absolute atomic E-state index is 12.9. The first kappa shape index (κ1) is 20.4. The number of nitriles is 1. The summed E-state index contributed by atoms with van der Waals surface area (Å²) in [5.74, 6) is 0.297. The van der Waals surface area contributed by atoms with Crippen LogP contribution in [0.25, 0.3) is 0 Å². The molecule has 4 nitrogen and oxygen atoms in total. The van der Waals surface area contributed by atoms with Crippen LogP contribution in [-0.2, 0) is 9.84 Å². The quantitative estimate of drug-likeness (QED) is 0.650. The van der Waals surface area contributed by atoms with Crippen LogP contribution in [0.15, 0.2) is 63.4 Å². The molecule has 0 aromatic heterocycles. The van der Waals surface area contributed by atoms with Crippen LogP contribution in [0.2, 0.25) is 5.02 Å². The highest BCUT2D eigenvalue weighted by Gasteiger charge is 2.25. The van der Waals surface area contributed by atoms with Gasteiger partial charge in [0.1, 0.15) is 11.1 Å². The van der Waals surface area contributed by atoms with E-state index in [1.165, 1.54) is 11.8 Å². The van der Waals surface area contributed by atoms with Gasteiger partial charge in [-0.25, -0.2) is 8.42 Å². The average molecular weight is 407 g/mol. The lowest BCUT2D eigenvalue weighted by atomic mass is 10.0. The third-order valence-corrected chi connectivity index (χ3v) is 6.56.